The van der Waals surface area contributed by atoms with Crippen molar-refractivity contribution in [1.29, 1.82) is 0 Å². The first-order chi connectivity index (χ1) is 17.2. The topological polar surface area (TPSA) is 90.0 Å². The molecule has 0 aliphatic carbocycles. The van der Waals surface area contributed by atoms with Crippen molar-refractivity contribution in [2.24, 2.45) is 0 Å². The molecule has 3 heterocycles. The summed E-state index contributed by atoms with van der Waals surface area (Å²) in [4.78, 5) is 55.0. The summed E-state index contributed by atoms with van der Waals surface area (Å²) >= 11 is 0. The van der Waals surface area contributed by atoms with Crippen LogP contribution in [0.15, 0.2) is 36.4 Å². The molecule has 1 N–H and O–H groups in total. The summed E-state index contributed by atoms with van der Waals surface area (Å²) in [5.41, 5.74) is 3.03. The van der Waals surface area contributed by atoms with E-state index in [1.165, 1.54) is 11.0 Å². The van der Waals surface area contributed by atoms with Gasteiger partial charge < -0.3 is 14.7 Å². The van der Waals surface area contributed by atoms with Crippen LogP contribution in [0.25, 0.3) is 0 Å². The van der Waals surface area contributed by atoms with Gasteiger partial charge in [0.25, 0.3) is 11.8 Å². The van der Waals surface area contributed by atoms with Crippen LogP contribution in [0.3, 0.4) is 0 Å². The highest BCUT2D eigenvalue weighted by molar-refractivity contribution is 6.05. The van der Waals surface area contributed by atoms with Crippen LogP contribution in [0, 0.1) is 5.82 Å². The third kappa shape index (κ3) is 4.23. The molecule has 3 aliphatic heterocycles. The smallest absolute Gasteiger partial charge is 0.255 e. The van der Waals surface area contributed by atoms with Gasteiger partial charge in [-0.1, -0.05) is 18.2 Å². The van der Waals surface area contributed by atoms with Crippen molar-refractivity contribution in [3.63, 3.8) is 0 Å². The molecule has 36 heavy (non-hydrogen) atoms. The van der Waals surface area contributed by atoms with Crippen molar-refractivity contribution < 1.29 is 23.6 Å². The van der Waals surface area contributed by atoms with Gasteiger partial charge in [-0.25, -0.2) is 4.39 Å². The number of imide groups is 1. The first-order valence-corrected chi connectivity index (χ1v) is 12.3. The lowest BCUT2D eigenvalue weighted by Gasteiger charge is -2.33. The summed E-state index contributed by atoms with van der Waals surface area (Å²) in [5.74, 6) is -1.74. The molecule has 9 heteroatoms. The zero-order chi connectivity index (χ0) is 25.6. The average Bonchev–Trinajstić information content (AvgIpc) is 3.18. The summed E-state index contributed by atoms with van der Waals surface area (Å²) in [6, 6.07) is 9.80. The number of nitrogens with one attached hydrogen (secondary N) is 1. The molecule has 188 valence electrons. The first kappa shape index (κ1) is 24.0. The van der Waals surface area contributed by atoms with Crippen molar-refractivity contribution in [1.82, 2.24) is 15.1 Å². The molecular formula is C27H29FN4O4. The molecule has 0 spiro atoms. The molecule has 0 aromatic heterocycles. The number of piperidine rings is 2. The second kappa shape index (κ2) is 9.37. The average molecular weight is 493 g/mol. The van der Waals surface area contributed by atoms with Gasteiger partial charge in [0.05, 0.1) is 5.56 Å². The summed E-state index contributed by atoms with van der Waals surface area (Å²) in [6.07, 6.45) is 1.68. The summed E-state index contributed by atoms with van der Waals surface area (Å²) in [6.45, 7) is 1.25. The van der Waals surface area contributed by atoms with Gasteiger partial charge in [0.1, 0.15) is 11.9 Å². The number of para-hydroxylation sites is 1. The molecule has 3 aliphatic rings. The van der Waals surface area contributed by atoms with E-state index in [1.54, 1.807) is 6.07 Å². The fourth-order valence-electron chi connectivity index (χ4n) is 5.53. The number of halogens is 1. The van der Waals surface area contributed by atoms with E-state index in [0.717, 1.165) is 5.69 Å². The molecule has 8 nitrogen and oxygen atoms in total. The van der Waals surface area contributed by atoms with Crippen LogP contribution in [0.5, 0.6) is 0 Å². The normalized spacial score (nSPS) is 20.4. The Balaban J connectivity index is 1.29. The van der Waals surface area contributed by atoms with E-state index in [0.29, 0.717) is 42.6 Å². The van der Waals surface area contributed by atoms with Crippen LogP contribution in [0.4, 0.5) is 10.1 Å². The maximum atomic E-state index is 15.2. The Bertz CT molecular complexity index is 1250. The number of benzene rings is 2. The fourth-order valence-corrected chi connectivity index (χ4v) is 5.53. The molecule has 1 unspecified atom stereocenters. The van der Waals surface area contributed by atoms with Gasteiger partial charge in [0.15, 0.2) is 0 Å². The molecule has 4 amide bonds. The molecule has 2 aromatic carbocycles. The van der Waals surface area contributed by atoms with Gasteiger partial charge in [-0.3, -0.25) is 24.5 Å². The highest BCUT2D eigenvalue weighted by Gasteiger charge is 2.40. The Morgan fingerprint density at radius 2 is 1.78 bits per heavy atom. The SMILES string of the molecule is CN(C)c1ccccc1C(=O)N1CCC(c2cc3c(cc2F)C(=O)N(C2CCC(=O)NC2=O)C3)CC1. The van der Waals surface area contributed by atoms with Crippen LogP contribution >= 0.6 is 0 Å². The number of hydrogen-bond donors (Lipinski definition) is 1. The van der Waals surface area contributed by atoms with E-state index in [-0.39, 0.29) is 48.6 Å². The molecule has 2 aromatic rings. The van der Waals surface area contributed by atoms with Gasteiger partial charge in [0, 0.05) is 51.4 Å². The lowest BCUT2D eigenvalue weighted by atomic mass is 9.87. The van der Waals surface area contributed by atoms with Crippen molar-refractivity contribution in [3.05, 3.63) is 64.5 Å². The first-order valence-electron chi connectivity index (χ1n) is 12.3. The number of nitrogens with zero attached hydrogens (tertiary/aromatic N) is 3. The molecular weight excluding hydrogens is 463 g/mol. The number of rotatable bonds is 4. The number of carbonyl (C=O) groups excluding carboxylic acids is 4. The maximum absolute atomic E-state index is 15.2. The zero-order valence-electron chi connectivity index (χ0n) is 20.4. The van der Waals surface area contributed by atoms with E-state index >= 15 is 4.39 Å². The molecule has 1 atom stereocenters. The zero-order valence-corrected chi connectivity index (χ0v) is 20.4. The van der Waals surface area contributed by atoms with Crippen molar-refractivity contribution in [2.45, 2.75) is 44.2 Å². The minimum atomic E-state index is -0.728. The lowest BCUT2D eigenvalue weighted by Crippen LogP contribution is -2.52. The van der Waals surface area contributed by atoms with E-state index < -0.39 is 17.8 Å². The Morgan fingerprint density at radius 3 is 2.47 bits per heavy atom. The number of anilines is 1. The second-order valence-electron chi connectivity index (χ2n) is 9.91. The highest BCUT2D eigenvalue weighted by atomic mass is 19.1. The van der Waals surface area contributed by atoms with Crippen molar-refractivity contribution in [3.8, 4) is 0 Å². The predicted molar refractivity (Wildman–Crippen MR) is 131 cm³/mol. The quantitative estimate of drug-likeness (QED) is 0.663. The Morgan fingerprint density at radius 1 is 1.06 bits per heavy atom. The number of likely N-dealkylation sites (tertiary alicyclic amines) is 1. The van der Waals surface area contributed by atoms with Gasteiger partial charge in [-0.15, -0.1) is 0 Å². The second-order valence-corrected chi connectivity index (χ2v) is 9.91. The number of hydrogen-bond acceptors (Lipinski definition) is 5. The van der Waals surface area contributed by atoms with Crippen LogP contribution in [-0.2, 0) is 16.1 Å². The van der Waals surface area contributed by atoms with Crippen LogP contribution in [-0.4, -0.2) is 66.7 Å². The van der Waals surface area contributed by atoms with Crippen molar-refractivity contribution in [2.75, 3.05) is 32.1 Å². The molecule has 0 radical (unpaired) electrons. The van der Waals surface area contributed by atoms with Gasteiger partial charge >= 0.3 is 0 Å². The van der Waals surface area contributed by atoms with Gasteiger partial charge in [0.2, 0.25) is 11.8 Å². The minimum Gasteiger partial charge on any atom is -0.377 e. The highest BCUT2D eigenvalue weighted by Crippen LogP contribution is 2.36. The Hall–Kier alpha value is -3.75. The molecule has 2 fully saturated rings. The monoisotopic (exact) mass is 492 g/mol. The minimum absolute atomic E-state index is 0.0300. The maximum Gasteiger partial charge on any atom is 0.255 e. The Kier molecular flexibility index (Phi) is 6.24. The van der Waals surface area contributed by atoms with Crippen LogP contribution in [0.2, 0.25) is 0 Å². The summed E-state index contributed by atoms with van der Waals surface area (Å²) in [5, 5.41) is 2.28. The molecule has 2 saturated heterocycles. The largest absolute Gasteiger partial charge is 0.377 e. The molecule has 5 rings (SSSR count). The lowest BCUT2D eigenvalue weighted by molar-refractivity contribution is -0.136. The van der Waals surface area contributed by atoms with Gasteiger partial charge in [-0.05, 0) is 54.5 Å². The number of amides is 4. The van der Waals surface area contributed by atoms with Gasteiger partial charge in [-0.2, -0.15) is 0 Å². The van der Waals surface area contributed by atoms with Crippen LogP contribution < -0.4 is 10.2 Å². The Labute approximate surface area is 209 Å². The molecule has 0 bridgehead atoms. The fraction of sp³-hybridized carbons (Fsp3) is 0.407. The number of carbonyl (C=O) groups is 4. The summed E-state index contributed by atoms with van der Waals surface area (Å²) in [7, 11) is 3.81. The van der Waals surface area contributed by atoms with Crippen LogP contribution in [0.1, 0.15) is 63.4 Å². The number of fused-ring (bicyclic) bond motifs is 1. The molecule has 0 saturated carbocycles. The van der Waals surface area contributed by atoms with E-state index in [4.69, 9.17) is 0 Å². The van der Waals surface area contributed by atoms with E-state index in [1.807, 2.05) is 48.2 Å². The predicted octanol–water partition coefficient (Wildman–Crippen LogP) is 2.67. The van der Waals surface area contributed by atoms with E-state index in [2.05, 4.69) is 5.32 Å². The standard InChI is InChI=1S/C27H29FN4O4/c1-30(2)22-6-4-3-5-18(22)26(35)31-11-9-16(10-12-31)19-13-17-15-32(27(36)20(17)14-21(19)28)23-7-8-24(33)29-25(23)34/h3-6,13-14,16,23H,7-12,15H2,1-2H3,(H,29,33,34). The van der Waals surface area contributed by atoms with Crippen molar-refractivity contribution >= 4 is 29.3 Å². The third-order valence-corrected chi connectivity index (χ3v) is 7.48. The summed E-state index contributed by atoms with van der Waals surface area (Å²) < 4.78 is 15.2. The third-order valence-electron chi connectivity index (χ3n) is 7.48. The van der Waals surface area contributed by atoms with E-state index in [9.17, 15) is 19.2 Å².